The number of benzene rings is 3. The van der Waals surface area contributed by atoms with Gasteiger partial charge in [0, 0.05) is 11.7 Å². The standard InChI is InChI=1S/C49H76O3S/c1-14-15-16-17-18-19-20-21-22-23-24-53-32-36(37-29-41(47(5,6)7)44(50)25-33(37)2)28-40(38-30-42(48(8,9)10)45(51)26-34(38)3)39-31-43(49(11,12)13)46(52)27-35(39)4/h25-27,29-31,36,40,50-52H,14-24,28,32H2,1-13H3. The second kappa shape index (κ2) is 19.3. The average molecular weight is 745 g/mol. The van der Waals surface area contributed by atoms with Gasteiger partial charge in [-0.15, -0.1) is 0 Å². The van der Waals surface area contributed by atoms with E-state index >= 15 is 0 Å². The molecule has 0 radical (unpaired) electrons. The van der Waals surface area contributed by atoms with E-state index in [0.29, 0.717) is 17.2 Å². The summed E-state index contributed by atoms with van der Waals surface area (Å²) in [5, 5.41) is 33.5. The lowest BCUT2D eigenvalue weighted by molar-refractivity contribution is 0.444. The van der Waals surface area contributed by atoms with Gasteiger partial charge in [0.05, 0.1) is 0 Å². The molecule has 296 valence electrons. The van der Waals surface area contributed by atoms with Crippen molar-refractivity contribution in [2.24, 2.45) is 0 Å². The van der Waals surface area contributed by atoms with Crippen LogP contribution in [0.1, 0.15) is 202 Å². The Hall–Kier alpha value is -2.59. The number of aryl methyl sites for hydroxylation is 3. The third-order valence-corrected chi connectivity index (χ3v) is 12.5. The van der Waals surface area contributed by atoms with E-state index in [1.165, 1.54) is 80.9 Å². The minimum absolute atomic E-state index is 0.0348. The number of hydrogen-bond acceptors (Lipinski definition) is 4. The Labute approximate surface area is 329 Å². The third kappa shape index (κ3) is 12.7. The number of thioether (sulfide) groups is 1. The fourth-order valence-electron chi connectivity index (χ4n) is 8.03. The van der Waals surface area contributed by atoms with Crippen LogP contribution in [-0.2, 0) is 16.2 Å². The van der Waals surface area contributed by atoms with Crippen LogP contribution in [0.25, 0.3) is 0 Å². The maximum atomic E-state index is 11.2. The summed E-state index contributed by atoms with van der Waals surface area (Å²) in [5.41, 5.74) is 9.35. The van der Waals surface area contributed by atoms with Gasteiger partial charge in [0.2, 0.25) is 0 Å². The summed E-state index contributed by atoms with van der Waals surface area (Å²) >= 11 is 2.08. The monoisotopic (exact) mass is 745 g/mol. The van der Waals surface area contributed by atoms with E-state index in [1.807, 2.05) is 18.2 Å². The molecule has 1 unspecified atom stereocenters. The lowest BCUT2D eigenvalue weighted by atomic mass is 9.73. The predicted octanol–water partition coefficient (Wildman–Crippen LogP) is 14.6. The molecule has 0 amide bonds. The molecule has 0 heterocycles. The van der Waals surface area contributed by atoms with Gasteiger partial charge < -0.3 is 15.3 Å². The van der Waals surface area contributed by atoms with Gasteiger partial charge >= 0.3 is 0 Å². The van der Waals surface area contributed by atoms with Gasteiger partial charge in [0.25, 0.3) is 0 Å². The first kappa shape index (κ1) is 44.8. The van der Waals surface area contributed by atoms with Gasteiger partial charge in [-0.3, -0.25) is 0 Å². The summed E-state index contributed by atoms with van der Waals surface area (Å²) in [7, 11) is 0. The van der Waals surface area contributed by atoms with Crippen LogP contribution < -0.4 is 0 Å². The van der Waals surface area contributed by atoms with Crippen LogP contribution in [0.2, 0.25) is 0 Å². The Kier molecular flexibility index (Phi) is 16.3. The van der Waals surface area contributed by atoms with Crippen molar-refractivity contribution in [3.05, 3.63) is 86.5 Å². The molecule has 0 aliphatic heterocycles. The number of hydrogen-bond donors (Lipinski definition) is 3. The molecule has 0 spiro atoms. The minimum Gasteiger partial charge on any atom is -0.508 e. The molecule has 0 aliphatic carbocycles. The van der Waals surface area contributed by atoms with Gasteiger partial charge in [-0.1, -0.05) is 145 Å². The molecule has 3 N–H and O–H groups in total. The molecule has 0 aromatic heterocycles. The summed E-state index contributed by atoms with van der Waals surface area (Å²) in [6.45, 7) is 28.3. The summed E-state index contributed by atoms with van der Waals surface area (Å²) < 4.78 is 0. The molecule has 0 saturated carbocycles. The lowest BCUT2D eigenvalue weighted by Crippen LogP contribution is -2.19. The summed E-state index contributed by atoms with van der Waals surface area (Å²) in [5.74, 6) is 3.49. The van der Waals surface area contributed by atoms with Crippen LogP contribution in [0.15, 0.2) is 36.4 Å². The first-order chi connectivity index (χ1) is 24.7. The first-order valence-electron chi connectivity index (χ1n) is 20.8. The van der Waals surface area contributed by atoms with Crippen LogP contribution in [0.4, 0.5) is 0 Å². The van der Waals surface area contributed by atoms with Gasteiger partial charge in [-0.2, -0.15) is 11.8 Å². The Morgan fingerprint density at radius 1 is 0.491 bits per heavy atom. The summed E-state index contributed by atoms with van der Waals surface area (Å²) in [4.78, 5) is 0. The Morgan fingerprint density at radius 3 is 1.21 bits per heavy atom. The van der Waals surface area contributed by atoms with E-state index in [0.717, 1.165) is 51.3 Å². The van der Waals surface area contributed by atoms with E-state index in [4.69, 9.17) is 0 Å². The molecule has 3 aromatic rings. The molecule has 4 heteroatoms. The summed E-state index contributed by atoms with van der Waals surface area (Å²) in [6.07, 6.45) is 14.3. The molecule has 0 bridgehead atoms. The number of phenols is 3. The SMILES string of the molecule is CCCCCCCCCCCCSCC(CC(c1cc(C(C)(C)C)c(O)cc1C)c1cc(C(C)(C)C)c(O)cc1C)c1cc(C(C)(C)C)c(O)cc1C. The fraction of sp³-hybridized carbons (Fsp3) is 0.633. The fourth-order valence-corrected chi connectivity index (χ4v) is 9.20. The average Bonchev–Trinajstić information content (AvgIpc) is 3.02. The molecule has 0 aliphatic rings. The van der Waals surface area contributed by atoms with Crippen molar-refractivity contribution >= 4 is 11.8 Å². The number of unbranched alkanes of at least 4 members (excludes halogenated alkanes) is 9. The minimum atomic E-state index is -0.225. The second-order valence-corrected chi connectivity index (χ2v) is 20.3. The van der Waals surface area contributed by atoms with E-state index < -0.39 is 0 Å². The van der Waals surface area contributed by atoms with E-state index in [1.54, 1.807) is 0 Å². The van der Waals surface area contributed by atoms with E-state index in [9.17, 15) is 15.3 Å². The maximum absolute atomic E-state index is 11.2. The van der Waals surface area contributed by atoms with Crippen LogP contribution in [-0.4, -0.2) is 26.8 Å². The topological polar surface area (TPSA) is 60.7 Å². The predicted molar refractivity (Wildman–Crippen MR) is 233 cm³/mol. The smallest absolute Gasteiger partial charge is 0.119 e. The highest BCUT2D eigenvalue weighted by atomic mass is 32.2. The quantitative estimate of drug-likeness (QED) is 0.114. The van der Waals surface area contributed by atoms with Crippen molar-refractivity contribution < 1.29 is 15.3 Å². The van der Waals surface area contributed by atoms with Crippen molar-refractivity contribution in [1.29, 1.82) is 0 Å². The van der Waals surface area contributed by atoms with E-state index in [2.05, 4.69) is 120 Å². The normalized spacial score (nSPS) is 13.2. The third-order valence-electron chi connectivity index (χ3n) is 11.2. The largest absolute Gasteiger partial charge is 0.508 e. The van der Waals surface area contributed by atoms with Crippen molar-refractivity contribution in [3.63, 3.8) is 0 Å². The highest BCUT2D eigenvalue weighted by Gasteiger charge is 2.31. The Bertz CT molecular complexity index is 1550. The molecule has 53 heavy (non-hydrogen) atoms. The van der Waals surface area contributed by atoms with Crippen LogP contribution in [0, 0.1) is 20.8 Å². The van der Waals surface area contributed by atoms with Crippen molar-refractivity contribution in [3.8, 4) is 17.2 Å². The molecule has 3 rings (SSSR count). The molecule has 3 aromatic carbocycles. The highest BCUT2D eigenvalue weighted by Crippen LogP contribution is 2.46. The molecule has 0 fully saturated rings. The van der Waals surface area contributed by atoms with Gasteiger partial charge in [-0.05, 0) is 130 Å². The molecule has 3 nitrogen and oxygen atoms in total. The van der Waals surface area contributed by atoms with Crippen LogP contribution in [0.5, 0.6) is 17.2 Å². The number of rotatable bonds is 18. The van der Waals surface area contributed by atoms with Crippen molar-refractivity contribution in [2.75, 3.05) is 11.5 Å². The van der Waals surface area contributed by atoms with Crippen molar-refractivity contribution in [1.82, 2.24) is 0 Å². The molecule has 1 atom stereocenters. The van der Waals surface area contributed by atoms with Crippen molar-refractivity contribution in [2.45, 2.75) is 189 Å². The zero-order valence-corrected chi connectivity index (χ0v) is 36.9. The van der Waals surface area contributed by atoms with Gasteiger partial charge in [-0.25, -0.2) is 0 Å². The zero-order chi connectivity index (χ0) is 39.7. The second-order valence-electron chi connectivity index (χ2n) is 19.2. The number of aromatic hydroxyl groups is 3. The van der Waals surface area contributed by atoms with Gasteiger partial charge in [0.15, 0.2) is 0 Å². The Balaban J connectivity index is 2.07. The Morgan fingerprint density at radius 2 is 0.830 bits per heavy atom. The summed E-state index contributed by atoms with van der Waals surface area (Å²) in [6, 6.07) is 12.7. The molecule has 0 saturated heterocycles. The zero-order valence-electron chi connectivity index (χ0n) is 36.1. The van der Waals surface area contributed by atoms with E-state index in [-0.39, 0.29) is 28.1 Å². The number of phenolic OH excluding ortho intramolecular Hbond substituents is 3. The first-order valence-corrected chi connectivity index (χ1v) is 21.9. The van der Waals surface area contributed by atoms with Gasteiger partial charge in [0.1, 0.15) is 17.2 Å². The molecular weight excluding hydrogens is 669 g/mol. The highest BCUT2D eigenvalue weighted by molar-refractivity contribution is 7.99. The van der Waals surface area contributed by atoms with Crippen LogP contribution >= 0.6 is 11.8 Å². The lowest BCUT2D eigenvalue weighted by Gasteiger charge is -2.32. The maximum Gasteiger partial charge on any atom is 0.119 e. The van der Waals surface area contributed by atoms with Crippen LogP contribution in [0.3, 0.4) is 0 Å². The molecular formula is C49H76O3S.